The number of nitriles is 1. The Kier molecular flexibility index (Phi) is 4.72. The first-order valence-electron chi connectivity index (χ1n) is 9.86. The van der Waals surface area contributed by atoms with Crippen molar-refractivity contribution in [2.45, 2.75) is 57.0 Å². The average Bonchev–Trinajstić information content (AvgIpc) is 2.92. The maximum Gasteiger partial charge on any atom is 0.309 e. The molecule has 1 atom stereocenters. The molecule has 4 rings (SSSR count). The van der Waals surface area contributed by atoms with E-state index in [-0.39, 0.29) is 17.5 Å². The molecule has 2 aliphatic heterocycles. The Labute approximate surface area is 155 Å². The van der Waals surface area contributed by atoms with Crippen molar-refractivity contribution in [3.63, 3.8) is 0 Å². The van der Waals surface area contributed by atoms with Crippen molar-refractivity contribution in [2.75, 3.05) is 13.1 Å². The van der Waals surface area contributed by atoms with Crippen molar-refractivity contribution in [2.24, 2.45) is 5.92 Å². The van der Waals surface area contributed by atoms with E-state index in [1.165, 1.54) is 12.1 Å². The van der Waals surface area contributed by atoms with Crippen LogP contribution in [-0.4, -0.2) is 29.6 Å². The molecule has 1 aromatic rings. The van der Waals surface area contributed by atoms with E-state index in [4.69, 9.17) is 10.00 Å². The van der Waals surface area contributed by atoms with E-state index in [1.807, 2.05) is 24.3 Å². The summed E-state index contributed by atoms with van der Waals surface area (Å²) in [5, 5.41) is 8.94. The van der Waals surface area contributed by atoms with Gasteiger partial charge in [-0.3, -0.25) is 4.79 Å². The molecule has 2 saturated heterocycles. The number of fused-ring (bicyclic) bond motifs is 2. The summed E-state index contributed by atoms with van der Waals surface area (Å²) in [5.41, 5.74) is 2.70. The summed E-state index contributed by atoms with van der Waals surface area (Å²) in [6.45, 7) is 1.86. The maximum atomic E-state index is 12.7. The van der Waals surface area contributed by atoms with Crippen LogP contribution < -0.4 is 0 Å². The molecular weight excluding hydrogens is 324 g/mol. The first-order chi connectivity index (χ1) is 12.7. The Hall–Kier alpha value is -2.28. The number of piperidine rings is 1. The third-order valence-electron chi connectivity index (χ3n) is 6.08. The lowest BCUT2D eigenvalue weighted by Gasteiger charge is -2.35. The highest BCUT2D eigenvalue weighted by molar-refractivity contribution is 5.73. The van der Waals surface area contributed by atoms with E-state index in [1.54, 1.807) is 0 Å². The zero-order chi connectivity index (χ0) is 18.0. The molecule has 0 N–H and O–H groups in total. The minimum Gasteiger partial charge on any atom is -0.457 e. The Balaban J connectivity index is 1.49. The Bertz CT molecular complexity index is 740. The summed E-state index contributed by atoms with van der Waals surface area (Å²) < 4.78 is 6.15. The Morgan fingerprint density at radius 1 is 1.19 bits per heavy atom. The minimum absolute atomic E-state index is 0.0335. The number of carbonyl (C=O) groups is 1. The standard InChI is InChI=1S/C22H26N2O2/c23-15-18-9-7-17(8-10-18)13-20-14-22(11-4-12-24(20)16-22)26-21(25)19-5-2-1-3-6-19/h7-10,13,19H,1-6,11-12,14,16H2/b20-13+. The Morgan fingerprint density at radius 3 is 2.69 bits per heavy atom. The predicted molar refractivity (Wildman–Crippen MR) is 100.0 cm³/mol. The molecule has 0 radical (unpaired) electrons. The van der Waals surface area contributed by atoms with Crippen LogP contribution in [0.5, 0.6) is 0 Å². The lowest BCUT2D eigenvalue weighted by molar-refractivity contribution is -0.167. The van der Waals surface area contributed by atoms with Crippen molar-refractivity contribution in [3.8, 4) is 6.07 Å². The number of hydrogen-bond donors (Lipinski definition) is 0. The molecule has 1 saturated carbocycles. The van der Waals surface area contributed by atoms with Gasteiger partial charge in [-0.2, -0.15) is 5.26 Å². The van der Waals surface area contributed by atoms with Gasteiger partial charge in [0.05, 0.1) is 24.1 Å². The molecule has 3 aliphatic rings. The van der Waals surface area contributed by atoms with Crippen LogP contribution >= 0.6 is 0 Å². The predicted octanol–water partition coefficient (Wildman–Crippen LogP) is 4.26. The van der Waals surface area contributed by atoms with Gasteiger partial charge in [0.15, 0.2) is 0 Å². The fraction of sp³-hybridized carbons (Fsp3) is 0.545. The van der Waals surface area contributed by atoms with Crippen LogP contribution in [-0.2, 0) is 9.53 Å². The maximum absolute atomic E-state index is 12.7. The Morgan fingerprint density at radius 2 is 1.96 bits per heavy atom. The molecular formula is C22H26N2O2. The van der Waals surface area contributed by atoms with Gasteiger partial charge in [0, 0.05) is 18.7 Å². The lowest BCUT2D eigenvalue weighted by atomic mass is 9.88. The highest BCUT2D eigenvalue weighted by Gasteiger charge is 2.47. The van der Waals surface area contributed by atoms with E-state index in [2.05, 4.69) is 17.0 Å². The number of benzene rings is 1. The molecule has 1 unspecified atom stereocenters. The second kappa shape index (κ2) is 7.15. The van der Waals surface area contributed by atoms with Gasteiger partial charge in [-0.15, -0.1) is 0 Å². The first-order valence-corrected chi connectivity index (χ1v) is 9.86. The summed E-state index contributed by atoms with van der Waals surface area (Å²) in [7, 11) is 0. The molecule has 4 heteroatoms. The summed E-state index contributed by atoms with van der Waals surface area (Å²) in [5.74, 6) is 0.145. The summed E-state index contributed by atoms with van der Waals surface area (Å²) in [6.07, 6.45) is 10.6. The number of hydrogen-bond acceptors (Lipinski definition) is 4. The molecule has 26 heavy (non-hydrogen) atoms. The van der Waals surface area contributed by atoms with Crippen molar-refractivity contribution in [3.05, 3.63) is 41.1 Å². The molecule has 3 fully saturated rings. The quantitative estimate of drug-likeness (QED) is 0.764. The van der Waals surface area contributed by atoms with Gasteiger partial charge in [-0.05, 0) is 49.5 Å². The molecule has 1 aliphatic carbocycles. The molecule has 4 nitrogen and oxygen atoms in total. The van der Waals surface area contributed by atoms with Crippen molar-refractivity contribution in [1.29, 1.82) is 5.26 Å². The van der Waals surface area contributed by atoms with Gasteiger partial charge < -0.3 is 9.64 Å². The summed E-state index contributed by atoms with van der Waals surface area (Å²) in [4.78, 5) is 15.1. The average molecular weight is 350 g/mol. The largest absolute Gasteiger partial charge is 0.457 e. The van der Waals surface area contributed by atoms with E-state index in [9.17, 15) is 4.79 Å². The molecule has 0 aromatic heterocycles. The van der Waals surface area contributed by atoms with E-state index in [0.29, 0.717) is 5.56 Å². The third-order valence-corrected chi connectivity index (χ3v) is 6.08. The number of esters is 1. The van der Waals surface area contributed by atoms with Gasteiger partial charge in [-0.25, -0.2) is 0 Å². The van der Waals surface area contributed by atoms with Crippen LogP contribution in [0.25, 0.3) is 6.08 Å². The first kappa shape index (κ1) is 17.1. The smallest absolute Gasteiger partial charge is 0.309 e. The van der Waals surface area contributed by atoms with Crippen molar-refractivity contribution < 1.29 is 9.53 Å². The number of ether oxygens (including phenoxy) is 1. The number of nitrogens with zero attached hydrogens (tertiary/aromatic N) is 2. The van der Waals surface area contributed by atoms with Crippen molar-refractivity contribution >= 4 is 12.0 Å². The lowest BCUT2D eigenvalue weighted by Crippen LogP contribution is -2.43. The highest BCUT2D eigenvalue weighted by Crippen LogP contribution is 2.42. The van der Waals surface area contributed by atoms with Gasteiger partial charge >= 0.3 is 5.97 Å². The molecule has 1 aromatic carbocycles. The van der Waals surface area contributed by atoms with Gasteiger partial charge in [0.25, 0.3) is 0 Å². The monoisotopic (exact) mass is 350 g/mol. The molecule has 2 heterocycles. The topological polar surface area (TPSA) is 53.3 Å². The van der Waals surface area contributed by atoms with Gasteiger partial charge in [0.1, 0.15) is 5.60 Å². The molecule has 0 spiro atoms. The highest BCUT2D eigenvalue weighted by atomic mass is 16.6. The normalized spacial score (nSPS) is 27.3. The molecule has 0 amide bonds. The second-order valence-electron chi connectivity index (χ2n) is 8.01. The van der Waals surface area contributed by atoms with Crippen LogP contribution in [0.1, 0.15) is 62.5 Å². The fourth-order valence-electron chi connectivity index (χ4n) is 4.67. The second-order valence-corrected chi connectivity index (χ2v) is 8.01. The van der Waals surface area contributed by atoms with Crippen molar-refractivity contribution in [1.82, 2.24) is 4.90 Å². The van der Waals surface area contributed by atoms with Crippen LogP contribution in [0.2, 0.25) is 0 Å². The minimum atomic E-state index is -0.328. The van der Waals surface area contributed by atoms with Crippen LogP contribution in [0.3, 0.4) is 0 Å². The van der Waals surface area contributed by atoms with Crippen LogP contribution in [0, 0.1) is 17.2 Å². The zero-order valence-corrected chi connectivity index (χ0v) is 15.2. The zero-order valence-electron chi connectivity index (χ0n) is 15.2. The summed E-state index contributed by atoms with van der Waals surface area (Å²) in [6, 6.07) is 9.82. The van der Waals surface area contributed by atoms with E-state index < -0.39 is 0 Å². The third kappa shape index (κ3) is 3.49. The summed E-state index contributed by atoms with van der Waals surface area (Å²) >= 11 is 0. The number of carbonyl (C=O) groups excluding carboxylic acids is 1. The van der Waals surface area contributed by atoms with Gasteiger partial charge in [-0.1, -0.05) is 31.4 Å². The SMILES string of the molecule is N#Cc1ccc(/C=C2\CC3(OC(=O)C4CCCCC4)CCCN2C3)cc1. The van der Waals surface area contributed by atoms with E-state index >= 15 is 0 Å². The molecule has 136 valence electrons. The van der Waals surface area contributed by atoms with Gasteiger partial charge in [0.2, 0.25) is 0 Å². The van der Waals surface area contributed by atoms with E-state index in [0.717, 1.165) is 63.6 Å². The van der Waals surface area contributed by atoms with Crippen LogP contribution in [0.4, 0.5) is 0 Å². The number of rotatable bonds is 3. The fourth-order valence-corrected chi connectivity index (χ4v) is 4.67. The molecule has 2 bridgehead atoms. The van der Waals surface area contributed by atoms with Crippen LogP contribution in [0.15, 0.2) is 30.0 Å².